The molecule has 0 saturated carbocycles. The molecule has 0 aromatic heterocycles. The minimum atomic E-state index is -5.33. The number of halogens is 8. The normalized spacial score (nSPS) is 12.7. The van der Waals surface area contributed by atoms with Crippen molar-refractivity contribution < 1.29 is 35.5 Å². The third-order valence-corrected chi connectivity index (χ3v) is 1.94. The molecular formula is C8H2ClF7O. The van der Waals surface area contributed by atoms with Gasteiger partial charge in [0.2, 0.25) is 0 Å². The van der Waals surface area contributed by atoms with E-state index in [-0.39, 0.29) is 6.07 Å². The lowest BCUT2D eigenvalue weighted by Gasteiger charge is -2.16. The van der Waals surface area contributed by atoms with Crippen molar-refractivity contribution in [3.8, 4) is 5.75 Å². The number of benzene rings is 1. The quantitative estimate of drug-likeness (QED) is 0.694. The second-order valence-corrected chi connectivity index (χ2v) is 3.16. The summed E-state index contributed by atoms with van der Waals surface area (Å²) in [6.07, 6.45) is -10.6. The maximum atomic E-state index is 12.8. The van der Waals surface area contributed by atoms with Gasteiger partial charge in [0.25, 0.3) is 0 Å². The van der Waals surface area contributed by atoms with Gasteiger partial charge in [0, 0.05) is 0 Å². The van der Waals surface area contributed by atoms with Crippen molar-refractivity contribution in [1.82, 2.24) is 0 Å². The Labute approximate surface area is 94.7 Å². The third-order valence-electron chi connectivity index (χ3n) is 1.57. The van der Waals surface area contributed by atoms with Crippen LogP contribution in [0.3, 0.4) is 0 Å². The fourth-order valence-corrected chi connectivity index (χ4v) is 1.27. The average Bonchev–Trinajstić information content (AvgIpc) is 2.06. The Hall–Kier alpha value is -1.18. The molecule has 1 aromatic carbocycles. The van der Waals surface area contributed by atoms with Gasteiger partial charge in [0.1, 0.15) is 17.1 Å². The summed E-state index contributed by atoms with van der Waals surface area (Å²) in [6.45, 7) is 0. The molecule has 96 valence electrons. The standard InChI is InChI=1S/C8H2ClF7O/c9-6-3(10)1-2-4(17-8(14,15)16)5(6)7(11,12)13/h1-2H. The van der Waals surface area contributed by atoms with E-state index in [4.69, 9.17) is 11.6 Å². The Morgan fingerprint density at radius 2 is 1.53 bits per heavy atom. The molecule has 0 aliphatic carbocycles. The van der Waals surface area contributed by atoms with E-state index in [1.165, 1.54) is 0 Å². The SMILES string of the molecule is Fc1ccc(OC(F)(F)F)c(C(F)(F)F)c1Cl. The summed E-state index contributed by atoms with van der Waals surface area (Å²) in [5.74, 6) is -3.09. The van der Waals surface area contributed by atoms with Gasteiger partial charge in [-0.05, 0) is 12.1 Å². The van der Waals surface area contributed by atoms with E-state index in [0.29, 0.717) is 6.07 Å². The molecule has 1 aromatic rings. The van der Waals surface area contributed by atoms with Crippen LogP contribution < -0.4 is 4.74 Å². The van der Waals surface area contributed by atoms with E-state index in [0.717, 1.165) is 0 Å². The molecule has 0 atom stereocenters. The van der Waals surface area contributed by atoms with Crippen LogP contribution in [0.1, 0.15) is 5.56 Å². The van der Waals surface area contributed by atoms with Crippen molar-refractivity contribution in [1.29, 1.82) is 0 Å². The molecule has 0 bridgehead atoms. The predicted molar refractivity (Wildman–Crippen MR) is 43.1 cm³/mol. The Bertz CT molecular complexity index is 423. The van der Waals surface area contributed by atoms with Crippen LogP contribution >= 0.6 is 11.6 Å². The molecule has 0 unspecified atom stereocenters. The Balaban J connectivity index is 3.36. The summed E-state index contributed by atoms with van der Waals surface area (Å²) in [7, 11) is 0. The molecule has 0 fully saturated rings. The topological polar surface area (TPSA) is 9.23 Å². The number of alkyl halides is 6. The molecule has 0 spiro atoms. The molecule has 17 heavy (non-hydrogen) atoms. The molecule has 0 aliphatic heterocycles. The van der Waals surface area contributed by atoms with Crippen LogP contribution in [0.25, 0.3) is 0 Å². The smallest absolute Gasteiger partial charge is 0.405 e. The zero-order chi connectivity index (χ0) is 13.4. The highest BCUT2D eigenvalue weighted by Crippen LogP contribution is 2.43. The van der Waals surface area contributed by atoms with Gasteiger partial charge in [-0.3, -0.25) is 0 Å². The zero-order valence-electron chi connectivity index (χ0n) is 7.59. The summed E-state index contributed by atoms with van der Waals surface area (Å²) < 4.78 is 88.4. The number of hydrogen-bond donors (Lipinski definition) is 0. The van der Waals surface area contributed by atoms with E-state index in [2.05, 4.69) is 4.74 Å². The molecule has 0 aliphatic rings. The molecule has 1 rings (SSSR count). The molecule has 0 saturated heterocycles. The minimum absolute atomic E-state index is 0.206. The maximum absolute atomic E-state index is 12.8. The van der Waals surface area contributed by atoms with Crippen molar-refractivity contribution in [3.63, 3.8) is 0 Å². The lowest BCUT2D eigenvalue weighted by atomic mass is 10.2. The Morgan fingerprint density at radius 1 is 1.00 bits per heavy atom. The van der Waals surface area contributed by atoms with Crippen LogP contribution in [0.5, 0.6) is 5.75 Å². The molecule has 0 amide bonds. The first kappa shape index (κ1) is 13.9. The Morgan fingerprint density at radius 3 is 1.94 bits per heavy atom. The van der Waals surface area contributed by atoms with E-state index >= 15 is 0 Å². The first-order chi connectivity index (χ1) is 7.52. The fourth-order valence-electron chi connectivity index (χ4n) is 1.01. The van der Waals surface area contributed by atoms with E-state index in [1.807, 2.05) is 0 Å². The summed E-state index contributed by atoms with van der Waals surface area (Å²) in [6, 6.07) is 0.552. The van der Waals surface area contributed by atoms with Crippen molar-refractivity contribution in [2.45, 2.75) is 12.5 Å². The summed E-state index contributed by atoms with van der Waals surface area (Å²) in [5.41, 5.74) is -2.00. The molecule has 9 heteroatoms. The van der Waals surface area contributed by atoms with Gasteiger partial charge < -0.3 is 4.74 Å². The van der Waals surface area contributed by atoms with Crippen LogP contribution in [-0.4, -0.2) is 6.36 Å². The lowest BCUT2D eigenvalue weighted by molar-refractivity contribution is -0.276. The van der Waals surface area contributed by atoms with Gasteiger partial charge >= 0.3 is 12.5 Å². The first-order valence-corrected chi connectivity index (χ1v) is 4.21. The monoisotopic (exact) mass is 282 g/mol. The second kappa shape index (κ2) is 4.25. The molecule has 0 radical (unpaired) electrons. The highest BCUT2D eigenvalue weighted by atomic mass is 35.5. The number of rotatable bonds is 1. The zero-order valence-corrected chi connectivity index (χ0v) is 8.34. The second-order valence-electron chi connectivity index (χ2n) is 2.78. The minimum Gasteiger partial charge on any atom is -0.405 e. The van der Waals surface area contributed by atoms with Gasteiger partial charge in [-0.15, -0.1) is 13.2 Å². The van der Waals surface area contributed by atoms with E-state index < -0.39 is 34.7 Å². The molecular weight excluding hydrogens is 281 g/mol. The highest BCUT2D eigenvalue weighted by Gasteiger charge is 2.42. The average molecular weight is 283 g/mol. The summed E-state index contributed by atoms with van der Waals surface area (Å²) in [5, 5.41) is -1.47. The lowest BCUT2D eigenvalue weighted by Crippen LogP contribution is -2.20. The van der Waals surface area contributed by atoms with Crippen molar-refractivity contribution in [2.75, 3.05) is 0 Å². The molecule has 1 nitrogen and oxygen atoms in total. The highest BCUT2D eigenvalue weighted by molar-refractivity contribution is 6.31. The van der Waals surface area contributed by atoms with Crippen LogP contribution in [0.4, 0.5) is 30.7 Å². The predicted octanol–water partition coefficient (Wildman–Crippen LogP) is 4.40. The van der Waals surface area contributed by atoms with E-state index in [9.17, 15) is 30.7 Å². The van der Waals surface area contributed by atoms with Gasteiger partial charge in [0.05, 0.1) is 5.02 Å². The van der Waals surface area contributed by atoms with Gasteiger partial charge in [0.15, 0.2) is 0 Å². The molecule has 0 heterocycles. The summed E-state index contributed by atoms with van der Waals surface area (Å²) >= 11 is 4.97. The summed E-state index contributed by atoms with van der Waals surface area (Å²) in [4.78, 5) is 0. The number of hydrogen-bond acceptors (Lipinski definition) is 1. The molecule has 0 N–H and O–H groups in total. The van der Waals surface area contributed by atoms with Gasteiger partial charge in [-0.2, -0.15) is 13.2 Å². The van der Waals surface area contributed by atoms with Crippen molar-refractivity contribution >= 4 is 11.6 Å². The van der Waals surface area contributed by atoms with Gasteiger partial charge in [-0.25, -0.2) is 4.39 Å². The van der Waals surface area contributed by atoms with Crippen molar-refractivity contribution in [3.05, 3.63) is 28.5 Å². The maximum Gasteiger partial charge on any atom is 0.573 e. The van der Waals surface area contributed by atoms with Crippen molar-refractivity contribution in [2.24, 2.45) is 0 Å². The Kier molecular flexibility index (Phi) is 3.47. The fraction of sp³-hybridized carbons (Fsp3) is 0.250. The van der Waals surface area contributed by atoms with E-state index in [1.54, 1.807) is 0 Å². The largest absolute Gasteiger partial charge is 0.573 e. The number of ether oxygens (including phenoxy) is 1. The third kappa shape index (κ3) is 3.39. The first-order valence-electron chi connectivity index (χ1n) is 3.83. The van der Waals surface area contributed by atoms with Crippen LogP contribution in [0, 0.1) is 5.82 Å². The van der Waals surface area contributed by atoms with Crippen LogP contribution in [0.2, 0.25) is 5.02 Å². The van der Waals surface area contributed by atoms with Gasteiger partial charge in [-0.1, -0.05) is 11.6 Å². The van der Waals surface area contributed by atoms with Crippen LogP contribution in [-0.2, 0) is 6.18 Å². The van der Waals surface area contributed by atoms with Crippen LogP contribution in [0.15, 0.2) is 12.1 Å².